The summed E-state index contributed by atoms with van der Waals surface area (Å²) >= 11 is 0. The molecule has 29 heavy (non-hydrogen) atoms. The van der Waals surface area contributed by atoms with Crippen molar-refractivity contribution in [1.29, 1.82) is 0 Å². The summed E-state index contributed by atoms with van der Waals surface area (Å²) in [6.07, 6.45) is 3.47. The minimum Gasteiger partial charge on any atom is -0.356 e. The standard InChI is InChI=1S/C21H24N6O2/c28-20-10-9-16(14-26(20)15-17-6-3-4-11-22-17)21(29)23-12-5-13-27-19-8-2-1-7-18(19)24-25-27/h1-4,6-8,11,16H,5,9-10,12-15H2,(H,23,29)/t16-/m1/s1. The van der Waals surface area contributed by atoms with Gasteiger partial charge in [-0.2, -0.15) is 0 Å². The van der Waals surface area contributed by atoms with Crippen molar-refractivity contribution in [2.24, 2.45) is 5.92 Å². The van der Waals surface area contributed by atoms with Crippen LogP contribution in [-0.2, 0) is 22.7 Å². The van der Waals surface area contributed by atoms with E-state index in [2.05, 4.69) is 20.6 Å². The van der Waals surface area contributed by atoms with Gasteiger partial charge in [-0.1, -0.05) is 23.4 Å². The molecule has 0 aliphatic carbocycles. The van der Waals surface area contributed by atoms with Gasteiger partial charge in [0, 0.05) is 32.3 Å². The molecule has 2 amide bonds. The number of pyridine rings is 1. The molecule has 0 radical (unpaired) electrons. The molecule has 1 atom stereocenters. The van der Waals surface area contributed by atoms with E-state index in [1.54, 1.807) is 11.1 Å². The van der Waals surface area contributed by atoms with Crippen LogP contribution >= 0.6 is 0 Å². The smallest absolute Gasteiger partial charge is 0.224 e. The van der Waals surface area contributed by atoms with E-state index in [0.717, 1.165) is 23.1 Å². The van der Waals surface area contributed by atoms with E-state index < -0.39 is 0 Å². The first-order valence-electron chi connectivity index (χ1n) is 9.94. The van der Waals surface area contributed by atoms with Crippen LogP contribution in [0.1, 0.15) is 25.0 Å². The largest absolute Gasteiger partial charge is 0.356 e. The Morgan fingerprint density at radius 2 is 2.03 bits per heavy atom. The summed E-state index contributed by atoms with van der Waals surface area (Å²) in [5.74, 6) is -0.0895. The molecule has 1 aliphatic heterocycles. The monoisotopic (exact) mass is 392 g/mol. The Kier molecular flexibility index (Phi) is 5.79. The summed E-state index contributed by atoms with van der Waals surface area (Å²) in [6, 6.07) is 13.5. The highest BCUT2D eigenvalue weighted by molar-refractivity contribution is 5.83. The highest BCUT2D eigenvalue weighted by Gasteiger charge is 2.30. The molecule has 2 aromatic heterocycles. The topological polar surface area (TPSA) is 93.0 Å². The normalized spacial score (nSPS) is 16.9. The van der Waals surface area contributed by atoms with Gasteiger partial charge >= 0.3 is 0 Å². The molecule has 1 N–H and O–H groups in total. The summed E-state index contributed by atoms with van der Waals surface area (Å²) in [5, 5.41) is 11.3. The van der Waals surface area contributed by atoms with Crippen molar-refractivity contribution >= 4 is 22.8 Å². The number of carbonyl (C=O) groups is 2. The molecule has 1 saturated heterocycles. The Labute approximate surface area is 168 Å². The molecule has 3 aromatic rings. The van der Waals surface area contributed by atoms with Gasteiger partial charge in [-0.05, 0) is 37.1 Å². The zero-order chi connectivity index (χ0) is 20.1. The van der Waals surface area contributed by atoms with Crippen LogP contribution in [0.25, 0.3) is 11.0 Å². The highest BCUT2D eigenvalue weighted by atomic mass is 16.2. The maximum atomic E-state index is 12.6. The molecule has 0 unspecified atom stereocenters. The van der Waals surface area contributed by atoms with E-state index >= 15 is 0 Å². The summed E-state index contributed by atoms with van der Waals surface area (Å²) in [5.41, 5.74) is 2.70. The van der Waals surface area contributed by atoms with Crippen LogP contribution in [0.15, 0.2) is 48.7 Å². The molecule has 1 aliphatic rings. The number of rotatable bonds is 7. The lowest BCUT2D eigenvalue weighted by atomic mass is 9.96. The second kappa shape index (κ2) is 8.81. The molecule has 8 heteroatoms. The van der Waals surface area contributed by atoms with Crippen LogP contribution < -0.4 is 5.32 Å². The molecule has 1 fully saturated rings. The first-order chi connectivity index (χ1) is 14.2. The molecule has 0 bridgehead atoms. The Bertz CT molecular complexity index is 987. The zero-order valence-corrected chi connectivity index (χ0v) is 16.2. The van der Waals surface area contributed by atoms with Crippen LogP contribution in [0.4, 0.5) is 0 Å². The number of nitrogens with one attached hydrogen (secondary N) is 1. The van der Waals surface area contributed by atoms with Crippen LogP contribution in [0.2, 0.25) is 0 Å². The number of amides is 2. The number of nitrogens with zero attached hydrogens (tertiary/aromatic N) is 5. The lowest BCUT2D eigenvalue weighted by Crippen LogP contribution is -2.45. The highest BCUT2D eigenvalue weighted by Crippen LogP contribution is 2.19. The van der Waals surface area contributed by atoms with Crippen molar-refractivity contribution in [2.75, 3.05) is 13.1 Å². The third-order valence-electron chi connectivity index (χ3n) is 5.22. The first kappa shape index (κ1) is 19.0. The zero-order valence-electron chi connectivity index (χ0n) is 16.2. The molecule has 8 nitrogen and oxygen atoms in total. The van der Waals surface area contributed by atoms with E-state index in [-0.39, 0.29) is 17.7 Å². The third kappa shape index (κ3) is 4.59. The number of hydrogen-bond donors (Lipinski definition) is 1. The minimum atomic E-state index is -0.177. The molecule has 4 rings (SSSR count). The second-order valence-corrected chi connectivity index (χ2v) is 7.28. The second-order valence-electron chi connectivity index (χ2n) is 7.28. The molecule has 0 saturated carbocycles. The minimum absolute atomic E-state index is 0.00645. The van der Waals surface area contributed by atoms with E-state index in [0.29, 0.717) is 39.0 Å². The van der Waals surface area contributed by atoms with Crippen LogP contribution in [0.5, 0.6) is 0 Å². The number of fused-ring (bicyclic) bond motifs is 1. The van der Waals surface area contributed by atoms with Crippen LogP contribution in [0.3, 0.4) is 0 Å². The Morgan fingerprint density at radius 1 is 1.17 bits per heavy atom. The van der Waals surface area contributed by atoms with Gasteiger partial charge in [0.05, 0.1) is 23.7 Å². The molecule has 3 heterocycles. The SMILES string of the molecule is O=C(NCCCn1nnc2ccccc21)[C@@H]1CCC(=O)N(Cc2ccccn2)C1. The van der Waals surface area contributed by atoms with Gasteiger partial charge in [-0.15, -0.1) is 5.10 Å². The Balaban J connectivity index is 1.25. The van der Waals surface area contributed by atoms with Crippen molar-refractivity contribution < 1.29 is 9.59 Å². The van der Waals surface area contributed by atoms with Crippen LogP contribution in [0, 0.1) is 5.92 Å². The maximum Gasteiger partial charge on any atom is 0.224 e. The number of aryl methyl sites for hydroxylation is 1. The summed E-state index contributed by atoms with van der Waals surface area (Å²) in [4.78, 5) is 30.8. The summed E-state index contributed by atoms with van der Waals surface area (Å²) in [6.45, 7) is 2.14. The van der Waals surface area contributed by atoms with Crippen molar-refractivity contribution in [3.8, 4) is 0 Å². The maximum absolute atomic E-state index is 12.6. The van der Waals surface area contributed by atoms with Gasteiger partial charge in [0.15, 0.2) is 0 Å². The Morgan fingerprint density at radius 3 is 2.90 bits per heavy atom. The number of carbonyl (C=O) groups excluding carboxylic acids is 2. The number of likely N-dealkylation sites (tertiary alicyclic amines) is 1. The fourth-order valence-corrected chi connectivity index (χ4v) is 3.64. The fourth-order valence-electron chi connectivity index (χ4n) is 3.64. The molecular weight excluding hydrogens is 368 g/mol. The van der Waals surface area contributed by atoms with E-state index in [1.165, 1.54) is 0 Å². The van der Waals surface area contributed by atoms with E-state index in [4.69, 9.17) is 0 Å². The van der Waals surface area contributed by atoms with Gasteiger partial charge in [-0.25, -0.2) is 4.68 Å². The number of benzene rings is 1. The van der Waals surface area contributed by atoms with Gasteiger partial charge < -0.3 is 10.2 Å². The molecular formula is C21H24N6O2. The van der Waals surface area contributed by atoms with Gasteiger partial charge in [0.1, 0.15) is 5.52 Å². The lowest BCUT2D eigenvalue weighted by Gasteiger charge is -2.31. The number of aromatic nitrogens is 4. The number of hydrogen-bond acceptors (Lipinski definition) is 5. The molecule has 0 spiro atoms. The predicted octanol–water partition coefficient (Wildman–Crippen LogP) is 1.77. The number of piperidine rings is 1. The van der Waals surface area contributed by atoms with E-state index in [9.17, 15) is 9.59 Å². The average molecular weight is 392 g/mol. The molecule has 1 aromatic carbocycles. The van der Waals surface area contributed by atoms with Crippen molar-refractivity contribution in [3.63, 3.8) is 0 Å². The average Bonchev–Trinajstić information content (AvgIpc) is 3.16. The van der Waals surface area contributed by atoms with Gasteiger partial charge in [0.25, 0.3) is 0 Å². The summed E-state index contributed by atoms with van der Waals surface area (Å²) < 4.78 is 1.86. The van der Waals surface area contributed by atoms with Gasteiger partial charge in [0.2, 0.25) is 11.8 Å². The first-order valence-corrected chi connectivity index (χ1v) is 9.94. The van der Waals surface area contributed by atoms with Crippen molar-refractivity contribution in [1.82, 2.24) is 30.2 Å². The summed E-state index contributed by atoms with van der Waals surface area (Å²) in [7, 11) is 0. The van der Waals surface area contributed by atoms with Crippen LogP contribution in [-0.4, -0.2) is 49.8 Å². The van der Waals surface area contributed by atoms with Gasteiger partial charge in [-0.3, -0.25) is 14.6 Å². The number of para-hydroxylation sites is 1. The van der Waals surface area contributed by atoms with Crippen molar-refractivity contribution in [3.05, 3.63) is 54.4 Å². The fraction of sp³-hybridized carbons (Fsp3) is 0.381. The van der Waals surface area contributed by atoms with E-state index in [1.807, 2.05) is 47.1 Å². The lowest BCUT2D eigenvalue weighted by molar-refractivity contribution is -0.139. The predicted molar refractivity (Wildman–Crippen MR) is 108 cm³/mol. The quantitative estimate of drug-likeness (QED) is 0.619. The molecule has 150 valence electrons. The Hall–Kier alpha value is -3.29. The van der Waals surface area contributed by atoms with Crippen molar-refractivity contribution in [2.45, 2.75) is 32.4 Å². The third-order valence-corrected chi connectivity index (χ3v) is 5.22.